The van der Waals surface area contributed by atoms with Crippen molar-refractivity contribution >= 4 is 0 Å². The number of furan rings is 1. The van der Waals surface area contributed by atoms with Crippen molar-refractivity contribution in [1.82, 2.24) is 9.97 Å². The summed E-state index contributed by atoms with van der Waals surface area (Å²) in [7, 11) is 0. The Labute approximate surface area is 101 Å². The molecule has 0 aliphatic carbocycles. The highest BCUT2D eigenvalue weighted by molar-refractivity contribution is 5.51. The maximum atomic E-state index is 5.73. The van der Waals surface area contributed by atoms with Crippen LogP contribution in [0.4, 0.5) is 0 Å². The zero-order valence-electron chi connectivity index (χ0n) is 10.4. The molecule has 0 radical (unpaired) electrons. The normalized spacial score (nSPS) is 11.8. The first-order valence-electron chi connectivity index (χ1n) is 5.63. The summed E-state index contributed by atoms with van der Waals surface area (Å²) in [6.45, 7) is 6.47. The summed E-state index contributed by atoms with van der Waals surface area (Å²) in [5, 5.41) is 0. The molecule has 0 aromatic carbocycles. The van der Waals surface area contributed by atoms with Crippen molar-refractivity contribution in [1.29, 1.82) is 0 Å². The number of aromatic nitrogens is 2. The van der Waals surface area contributed by atoms with Crippen LogP contribution >= 0.6 is 0 Å². The van der Waals surface area contributed by atoms with Gasteiger partial charge in [0.1, 0.15) is 17.3 Å². The third-order valence-corrected chi connectivity index (χ3v) is 2.76. The predicted molar refractivity (Wildman–Crippen MR) is 66.6 cm³/mol. The number of hydrogen-bond donors (Lipinski definition) is 1. The second kappa shape index (κ2) is 4.30. The summed E-state index contributed by atoms with van der Waals surface area (Å²) in [6.07, 6.45) is 1.74. The smallest absolute Gasteiger partial charge is 0.152 e. The first-order chi connectivity index (χ1) is 8.03. The van der Waals surface area contributed by atoms with Crippen molar-refractivity contribution in [3.8, 4) is 11.5 Å². The molecule has 17 heavy (non-hydrogen) atoms. The van der Waals surface area contributed by atoms with Crippen LogP contribution in [0.1, 0.15) is 25.4 Å². The molecule has 0 aliphatic heterocycles. The number of nitrogens with zero attached hydrogens (tertiary/aromatic N) is 2. The Bertz CT molecular complexity index is 517. The predicted octanol–water partition coefficient (Wildman–Crippen LogP) is 2.28. The van der Waals surface area contributed by atoms with Gasteiger partial charge in [-0.1, -0.05) is 13.8 Å². The second-order valence-corrected chi connectivity index (χ2v) is 4.76. The molecular formula is C13H17N3O. The van der Waals surface area contributed by atoms with E-state index in [1.807, 2.05) is 39.0 Å². The van der Waals surface area contributed by atoms with Crippen molar-refractivity contribution < 1.29 is 4.42 Å². The van der Waals surface area contributed by atoms with E-state index in [-0.39, 0.29) is 5.41 Å². The largest absolute Gasteiger partial charge is 0.460 e. The molecule has 0 amide bonds. The minimum absolute atomic E-state index is 0.225. The molecule has 2 aromatic heterocycles. The highest BCUT2D eigenvalue weighted by Crippen LogP contribution is 2.23. The van der Waals surface area contributed by atoms with E-state index in [0.29, 0.717) is 6.54 Å². The van der Waals surface area contributed by atoms with Crippen molar-refractivity contribution in [3.63, 3.8) is 0 Å². The van der Waals surface area contributed by atoms with Crippen LogP contribution in [-0.4, -0.2) is 16.5 Å². The summed E-state index contributed by atoms with van der Waals surface area (Å²) in [4.78, 5) is 8.80. The standard InChI is InChI=1S/C13H17N3O/c1-9-4-5-11(17-9)10-6-7-15-12(16-10)13(2,3)8-14/h4-7H,8,14H2,1-3H3. The Balaban J connectivity index is 2.42. The van der Waals surface area contributed by atoms with Gasteiger partial charge >= 0.3 is 0 Å². The lowest BCUT2D eigenvalue weighted by Crippen LogP contribution is -2.30. The maximum absolute atomic E-state index is 5.73. The lowest BCUT2D eigenvalue weighted by molar-refractivity contribution is 0.499. The third-order valence-electron chi connectivity index (χ3n) is 2.76. The van der Waals surface area contributed by atoms with Gasteiger partial charge in [-0.2, -0.15) is 0 Å². The van der Waals surface area contributed by atoms with Crippen LogP contribution < -0.4 is 5.73 Å². The second-order valence-electron chi connectivity index (χ2n) is 4.76. The van der Waals surface area contributed by atoms with Gasteiger partial charge in [0.2, 0.25) is 0 Å². The van der Waals surface area contributed by atoms with Crippen LogP contribution in [0.25, 0.3) is 11.5 Å². The zero-order valence-corrected chi connectivity index (χ0v) is 10.4. The van der Waals surface area contributed by atoms with E-state index < -0.39 is 0 Å². The van der Waals surface area contributed by atoms with Crippen LogP contribution in [0, 0.1) is 6.92 Å². The lowest BCUT2D eigenvalue weighted by atomic mass is 9.92. The topological polar surface area (TPSA) is 64.9 Å². The molecule has 0 saturated heterocycles. The third kappa shape index (κ3) is 2.36. The Morgan fingerprint density at radius 3 is 2.65 bits per heavy atom. The summed E-state index contributed by atoms with van der Waals surface area (Å²) < 4.78 is 5.55. The van der Waals surface area contributed by atoms with Gasteiger partial charge in [-0.25, -0.2) is 9.97 Å². The number of aryl methyl sites for hydroxylation is 1. The summed E-state index contributed by atoms with van der Waals surface area (Å²) in [5.41, 5.74) is 6.30. The van der Waals surface area contributed by atoms with E-state index in [4.69, 9.17) is 10.2 Å². The molecule has 0 atom stereocenters. The molecule has 4 nitrogen and oxygen atoms in total. The molecule has 2 rings (SSSR count). The molecule has 90 valence electrons. The fraction of sp³-hybridized carbons (Fsp3) is 0.385. The van der Waals surface area contributed by atoms with E-state index in [2.05, 4.69) is 9.97 Å². The average molecular weight is 231 g/mol. The molecule has 0 fully saturated rings. The van der Waals surface area contributed by atoms with Gasteiger partial charge in [0.05, 0.1) is 0 Å². The monoisotopic (exact) mass is 231 g/mol. The van der Waals surface area contributed by atoms with Gasteiger partial charge in [-0.15, -0.1) is 0 Å². The number of rotatable bonds is 3. The van der Waals surface area contributed by atoms with E-state index in [1.165, 1.54) is 0 Å². The van der Waals surface area contributed by atoms with Crippen molar-refractivity contribution in [2.45, 2.75) is 26.2 Å². The van der Waals surface area contributed by atoms with Crippen LogP contribution in [0.15, 0.2) is 28.8 Å². The molecule has 0 spiro atoms. The van der Waals surface area contributed by atoms with Gasteiger partial charge in [0, 0.05) is 18.2 Å². The molecule has 4 heteroatoms. The van der Waals surface area contributed by atoms with E-state index in [0.717, 1.165) is 23.0 Å². The lowest BCUT2D eigenvalue weighted by Gasteiger charge is -2.20. The van der Waals surface area contributed by atoms with Gasteiger partial charge in [0.15, 0.2) is 5.76 Å². The molecular weight excluding hydrogens is 214 g/mol. The first-order valence-corrected chi connectivity index (χ1v) is 5.63. The van der Waals surface area contributed by atoms with Crippen LogP contribution in [-0.2, 0) is 5.41 Å². The quantitative estimate of drug-likeness (QED) is 0.880. The summed E-state index contributed by atoms with van der Waals surface area (Å²) in [5.74, 6) is 2.38. The highest BCUT2D eigenvalue weighted by Gasteiger charge is 2.22. The molecule has 2 heterocycles. The number of hydrogen-bond acceptors (Lipinski definition) is 4. The Kier molecular flexibility index (Phi) is 2.98. The van der Waals surface area contributed by atoms with E-state index in [9.17, 15) is 0 Å². The molecule has 2 aromatic rings. The number of nitrogens with two attached hydrogens (primary N) is 1. The van der Waals surface area contributed by atoms with E-state index in [1.54, 1.807) is 6.20 Å². The molecule has 2 N–H and O–H groups in total. The van der Waals surface area contributed by atoms with Crippen molar-refractivity contribution in [3.05, 3.63) is 36.0 Å². The van der Waals surface area contributed by atoms with Gasteiger partial charge in [0.25, 0.3) is 0 Å². The van der Waals surface area contributed by atoms with E-state index >= 15 is 0 Å². The van der Waals surface area contributed by atoms with Gasteiger partial charge in [-0.3, -0.25) is 0 Å². The highest BCUT2D eigenvalue weighted by atomic mass is 16.3. The Morgan fingerprint density at radius 1 is 1.29 bits per heavy atom. The summed E-state index contributed by atoms with van der Waals surface area (Å²) >= 11 is 0. The zero-order chi connectivity index (χ0) is 12.5. The minimum atomic E-state index is -0.225. The fourth-order valence-electron chi connectivity index (χ4n) is 1.49. The van der Waals surface area contributed by atoms with Crippen LogP contribution in [0.3, 0.4) is 0 Å². The molecule has 0 aliphatic rings. The van der Waals surface area contributed by atoms with Gasteiger partial charge in [-0.05, 0) is 25.1 Å². The average Bonchev–Trinajstić information content (AvgIpc) is 2.76. The van der Waals surface area contributed by atoms with Crippen LogP contribution in [0.5, 0.6) is 0 Å². The fourth-order valence-corrected chi connectivity index (χ4v) is 1.49. The SMILES string of the molecule is Cc1ccc(-c2ccnc(C(C)(C)CN)n2)o1. The van der Waals surface area contributed by atoms with Crippen molar-refractivity contribution in [2.24, 2.45) is 5.73 Å². The molecule has 0 unspecified atom stereocenters. The maximum Gasteiger partial charge on any atom is 0.152 e. The van der Waals surface area contributed by atoms with Gasteiger partial charge < -0.3 is 10.2 Å². The van der Waals surface area contributed by atoms with Crippen molar-refractivity contribution in [2.75, 3.05) is 6.54 Å². The molecule has 0 bridgehead atoms. The Hall–Kier alpha value is -1.68. The first kappa shape index (κ1) is 11.8. The van der Waals surface area contributed by atoms with Crippen LogP contribution in [0.2, 0.25) is 0 Å². The Morgan fingerprint density at radius 2 is 2.06 bits per heavy atom. The molecule has 0 saturated carbocycles. The summed E-state index contributed by atoms with van der Waals surface area (Å²) in [6, 6.07) is 5.68. The minimum Gasteiger partial charge on any atom is -0.460 e.